The molecule has 1 N–H and O–H groups in total. The first kappa shape index (κ1) is 24.3. The Morgan fingerprint density at radius 1 is 0.848 bits per heavy atom. The summed E-state index contributed by atoms with van der Waals surface area (Å²) >= 11 is 0. The smallest absolute Gasteiger partial charge is 0.255 e. The zero-order chi connectivity index (χ0) is 23.8. The van der Waals surface area contributed by atoms with Crippen molar-refractivity contribution in [2.75, 3.05) is 25.6 Å². The number of carbonyl (C=O) groups is 1. The number of amides is 1. The molecule has 0 aliphatic carbocycles. The van der Waals surface area contributed by atoms with Crippen LogP contribution >= 0.6 is 0 Å². The van der Waals surface area contributed by atoms with Gasteiger partial charge in [-0.2, -0.15) is 0 Å². The van der Waals surface area contributed by atoms with Crippen molar-refractivity contribution in [1.29, 1.82) is 0 Å². The summed E-state index contributed by atoms with van der Waals surface area (Å²) in [5.41, 5.74) is 3.32. The Morgan fingerprint density at radius 3 is 2.21 bits per heavy atom. The largest absolute Gasteiger partial charge is 0.493 e. The molecule has 0 heterocycles. The first-order valence-electron chi connectivity index (χ1n) is 11.4. The molecule has 0 saturated carbocycles. The number of benzene rings is 3. The zero-order valence-corrected chi connectivity index (χ0v) is 20.2. The highest BCUT2D eigenvalue weighted by molar-refractivity contribution is 6.05. The molecule has 3 aromatic carbocycles. The summed E-state index contributed by atoms with van der Waals surface area (Å²) < 4.78 is 11.5. The van der Waals surface area contributed by atoms with Gasteiger partial charge in [-0.1, -0.05) is 42.5 Å². The number of anilines is 1. The lowest BCUT2D eigenvalue weighted by Crippen LogP contribution is -2.39. The maximum Gasteiger partial charge on any atom is 0.255 e. The second-order valence-electron chi connectivity index (χ2n) is 8.54. The number of nitrogens with zero attached hydrogens (tertiary/aromatic N) is 1. The van der Waals surface area contributed by atoms with Crippen LogP contribution in [0.4, 0.5) is 5.69 Å². The van der Waals surface area contributed by atoms with Gasteiger partial charge >= 0.3 is 0 Å². The third-order valence-electron chi connectivity index (χ3n) is 5.59. The molecule has 0 radical (unpaired) electrons. The van der Waals surface area contributed by atoms with Crippen LogP contribution in [0, 0.1) is 0 Å². The Kier molecular flexibility index (Phi) is 8.50. The van der Waals surface area contributed by atoms with Crippen LogP contribution in [0.2, 0.25) is 0 Å². The Balaban J connectivity index is 1.67. The minimum Gasteiger partial charge on any atom is -0.493 e. The Morgan fingerprint density at radius 2 is 1.55 bits per heavy atom. The van der Waals surface area contributed by atoms with E-state index in [9.17, 15) is 4.79 Å². The summed E-state index contributed by atoms with van der Waals surface area (Å²) in [5.74, 6) is 1.08. The molecular formula is C28H34N2O3. The monoisotopic (exact) mass is 446 g/mol. The summed E-state index contributed by atoms with van der Waals surface area (Å²) in [4.78, 5) is 15.2. The number of ether oxygens (including phenoxy) is 2. The van der Waals surface area contributed by atoms with E-state index in [0.29, 0.717) is 41.4 Å². The third kappa shape index (κ3) is 6.59. The van der Waals surface area contributed by atoms with E-state index in [4.69, 9.17) is 9.47 Å². The molecule has 0 aromatic heterocycles. The highest BCUT2D eigenvalue weighted by atomic mass is 16.5. The molecule has 174 valence electrons. The van der Waals surface area contributed by atoms with Crippen molar-refractivity contribution in [1.82, 2.24) is 4.90 Å². The van der Waals surface area contributed by atoms with E-state index in [-0.39, 0.29) is 5.91 Å². The molecule has 1 amide bonds. The van der Waals surface area contributed by atoms with E-state index in [2.05, 4.69) is 37.9 Å². The van der Waals surface area contributed by atoms with Crippen molar-refractivity contribution in [3.8, 4) is 22.6 Å². The molecule has 0 aliphatic rings. The fraction of sp³-hybridized carbons (Fsp3) is 0.321. The van der Waals surface area contributed by atoms with E-state index in [1.807, 2.05) is 66.7 Å². The molecule has 0 bridgehead atoms. The molecular weight excluding hydrogens is 412 g/mol. The van der Waals surface area contributed by atoms with E-state index in [1.54, 1.807) is 13.2 Å². The average Bonchev–Trinajstić information content (AvgIpc) is 2.82. The normalized spacial score (nSPS) is 11.2. The summed E-state index contributed by atoms with van der Waals surface area (Å²) in [6, 6.07) is 24.0. The van der Waals surface area contributed by atoms with E-state index >= 15 is 0 Å². The molecule has 0 aliphatic heterocycles. The van der Waals surface area contributed by atoms with E-state index < -0.39 is 0 Å². The topological polar surface area (TPSA) is 50.8 Å². The highest BCUT2D eigenvalue weighted by Gasteiger charge is 2.14. The van der Waals surface area contributed by atoms with Gasteiger partial charge in [0.25, 0.3) is 5.91 Å². The first-order chi connectivity index (χ1) is 15.9. The van der Waals surface area contributed by atoms with Crippen LogP contribution in [-0.4, -0.2) is 43.2 Å². The van der Waals surface area contributed by atoms with Crippen molar-refractivity contribution in [2.24, 2.45) is 0 Å². The summed E-state index contributed by atoms with van der Waals surface area (Å²) in [5, 5.41) is 2.96. The first-order valence-corrected chi connectivity index (χ1v) is 11.4. The molecule has 3 rings (SSSR count). The fourth-order valence-corrected chi connectivity index (χ4v) is 3.91. The predicted molar refractivity (Wildman–Crippen MR) is 135 cm³/mol. The quantitative estimate of drug-likeness (QED) is 0.408. The molecule has 5 nitrogen and oxygen atoms in total. The molecule has 0 spiro atoms. The number of methoxy groups -OCH3 is 1. The van der Waals surface area contributed by atoms with E-state index in [0.717, 1.165) is 17.7 Å². The number of hydrogen-bond acceptors (Lipinski definition) is 4. The lowest BCUT2D eigenvalue weighted by molar-refractivity contribution is 0.102. The number of rotatable bonds is 10. The van der Waals surface area contributed by atoms with Gasteiger partial charge in [-0.25, -0.2) is 0 Å². The number of nitrogens with one attached hydrogen (secondary N) is 1. The summed E-state index contributed by atoms with van der Waals surface area (Å²) in [6.45, 7) is 10.1. The molecule has 0 saturated heterocycles. The van der Waals surface area contributed by atoms with Gasteiger partial charge in [-0.15, -0.1) is 0 Å². The minimum atomic E-state index is -0.173. The van der Waals surface area contributed by atoms with Gasteiger partial charge in [0.2, 0.25) is 0 Å². The number of carbonyl (C=O) groups excluding carboxylic acids is 1. The van der Waals surface area contributed by atoms with Crippen molar-refractivity contribution in [3.63, 3.8) is 0 Å². The Hall–Kier alpha value is -3.31. The van der Waals surface area contributed by atoms with Crippen molar-refractivity contribution in [2.45, 2.75) is 39.8 Å². The second-order valence-corrected chi connectivity index (χ2v) is 8.54. The Bertz CT molecular complexity index is 1040. The van der Waals surface area contributed by atoms with Gasteiger partial charge in [0.15, 0.2) is 11.5 Å². The molecule has 0 unspecified atom stereocenters. The van der Waals surface area contributed by atoms with Gasteiger partial charge in [0.1, 0.15) is 6.61 Å². The average molecular weight is 447 g/mol. The van der Waals surface area contributed by atoms with Crippen molar-refractivity contribution < 1.29 is 14.3 Å². The van der Waals surface area contributed by atoms with Crippen LogP contribution in [0.15, 0.2) is 72.8 Å². The maximum absolute atomic E-state index is 12.9. The molecule has 0 atom stereocenters. The van der Waals surface area contributed by atoms with Crippen LogP contribution in [0.25, 0.3) is 11.1 Å². The Labute approximate surface area is 197 Å². The third-order valence-corrected chi connectivity index (χ3v) is 5.59. The maximum atomic E-state index is 12.9. The fourth-order valence-electron chi connectivity index (χ4n) is 3.91. The molecule has 3 aromatic rings. The van der Waals surface area contributed by atoms with Crippen LogP contribution in [0.3, 0.4) is 0 Å². The van der Waals surface area contributed by atoms with Gasteiger partial charge in [-0.05, 0) is 63.1 Å². The summed E-state index contributed by atoms with van der Waals surface area (Å²) in [6.07, 6.45) is 0. The minimum absolute atomic E-state index is 0.173. The van der Waals surface area contributed by atoms with Gasteiger partial charge in [0.05, 0.1) is 7.11 Å². The molecule has 5 heteroatoms. The SMILES string of the molecule is COc1cc(NC(=O)c2cccc(-c3ccccc3)c2)ccc1OCCN(C(C)C)C(C)C. The number of hydrogen-bond donors (Lipinski definition) is 1. The molecule has 0 fully saturated rings. The van der Waals surface area contributed by atoms with E-state index in [1.165, 1.54) is 0 Å². The highest BCUT2D eigenvalue weighted by Crippen LogP contribution is 2.30. The van der Waals surface area contributed by atoms with Gasteiger partial charge in [-0.3, -0.25) is 9.69 Å². The second kappa shape index (κ2) is 11.5. The van der Waals surface area contributed by atoms with Crippen LogP contribution in [-0.2, 0) is 0 Å². The zero-order valence-electron chi connectivity index (χ0n) is 20.2. The predicted octanol–water partition coefficient (Wildman–Crippen LogP) is 6.11. The van der Waals surface area contributed by atoms with Crippen LogP contribution < -0.4 is 14.8 Å². The standard InChI is InChI=1S/C28H34N2O3/c1-20(2)30(21(3)4)16-17-33-26-15-14-25(19-27(26)32-5)29-28(31)24-13-9-12-23(18-24)22-10-7-6-8-11-22/h6-15,18-21H,16-17H2,1-5H3,(H,29,31). The van der Waals surface area contributed by atoms with Gasteiger partial charge < -0.3 is 14.8 Å². The summed E-state index contributed by atoms with van der Waals surface area (Å²) in [7, 11) is 1.60. The lowest BCUT2D eigenvalue weighted by Gasteiger charge is -2.30. The molecule has 33 heavy (non-hydrogen) atoms. The van der Waals surface area contributed by atoms with Crippen molar-refractivity contribution >= 4 is 11.6 Å². The van der Waals surface area contributed by atoms with Crippen LogP contribution in [0.1, 0.15) is 38.1 Å². The van der Waals surface area contributed by atoms with Gasteiger partial charge in [0, 0.05) is 35.9 Å². The lowest BCUT2D eigenvalue weighted by atomic mass is 10.0. The van der Waals surface area contributed by atoms with Crippen LogP contribution in [0.5, 0.6) is 11.5 Å². The van der Waals surface area contributed by atoms with Crippen molar-refractivity contribution in [3.05, 3.63) is 78.4 Å².